The summed E-state index contributed by atoms with van der Waals surface area (Å²) in [5.41, 5.74) is -1.68. The molecule has 0 spiro atoms. The normalized spacial score (nSPS) is 34.9. The van der Waals surface area contributed by atoms with E-state index in [-0.39, 0.29) is 25.7 Å². The lowest BCUT2D eigenvalue weighted by Crippen LogP contribution is -2.73. The van der Waals surface area contributed by atoms with Gasteiger partial charge in [0.2, 0.25) is 0 Å². The van der Waals surface area contributed by atoms with Crippen LogP contribution in [0.4, 0.5) is 0 Å². The first-order valence-electron chi connectivity index (χ1n) is 17.7. The summed E-state index contributed by atoms with van der Waals surface area (Å²) in [4.78, 5) is 24.4. The molecule has 2 aliphatic rings. The number of aliphatic carboxylic acids is 1. The summed E-state index contributed by atoms with van der Waals surface area (Å²) in [5, 5.41) is 93.7. The minimum absolute atomic E-state index is 0.106. The number of hydrogen-bond acceptors (Lipinski definition) is 12. The fraction of sp³-hybridized carbons (Fsp3) is 0.941. The SMILES string of the molecule is CCCCCCCCCC(O)C(C(=O)O)C(=O)CC(O)CCCCCCCC1(C2O[C@H](C)[C@@H](O)[C@H](O)[C@@H]2O)O[C@@H](C)[C@H](O)[C@@H](O)[C@H]1O. The first-order chi connectivity index (χ1) is 22.2. The Balaban J connectivity index is 1.81. The molecule has 0 bridgehead atoms. The second-order valence-electron chi connectivity index (χ2n) is 13.9. The first-order valence-corrected chi connectivity index (χ1v) is 17.7. The molecule has 9 N–H and O–H groups in total. The topological polar surface area (TPSA) is 235 Å². The van der Waals surface area contributed by atoms with Gasteiger partial charge in [-0.15, -0.1) is 0 Å². The van der Waals surface area contributed by atoms with Gasteiger partial charge in [-0.2, -0.15) is 0 Å². The molecule has 2 saturated heterocycles. The lowest BCUT2D eigenvalue weighted by atomic mass is 9.73. The number of Topliss-reactive ketones (excluding diaryl/α,β-unsaturated/α-hetero) is 1. The summed E-state index contributed by atoms with van der Waals surface area (Å²) in [7, 11) is 0. The zero-order valence-electron chi connectivity index (χ0n) is 28.4. The Labute approximate surface area is 278 Å². The third-order valence-corrected chi connectivity index (χ3v) is 10.0. The van der Waals surface area contributed by atoms with Gasteiger partial charge in [0.1, 0.15) is 54.2 Å². The summed E-state index contributed by atoms with van der Waals surface area (Å²) >= 11 is 0. The van der Waals surface area contributed by atoms with Gasteiger partial charge in [0.15, 0.2) is 5.78 Å². The van der Waals surface area contributed by atoms with E-state index in [1.807, 2.05) is 0 Å². The average molecular weight is 679 g/mol. The Morgan fingerprint density at radius 2 is 1.21 bits per heavy atom. The highest BCUT2D eigenvalue weighted by atomic mass is 16.6. The van der Waals surface area contributed by atoms with Crippen molar-refractivity contribution in [3.05, 3.63) is 0 Å². The van der Waals surface area contributed by atoms with Crippen molar-refractivity contribution in [2.75, 3.05) is 0 Å². The molecule has 0 aromatic heterocycles. The van der Waals surface area contributed by atoms with Gasteiger partial charge in [-0.25, -0.2) is 0 Å². The zero-order chi connectivity index (χ0) is 35.3. The van der Waals surface area contributed by atoms with Gasteiger partial charge >= 0.3 is 5.97 Å². The number of ether oxygens (including phenoxy) is 2. The zero-order valence-corrected chi connectivity index (χ0v) is 28.4. The van der Waals surface area contributed by atoms with E-state index in [2.05, 4.69) is 6.92 Å². The second kappa shape index (κ2) is 20.4. The van der Waals surface area contributed by atoms with Crippen molar-refractivity contribution in [2.45, 2.75) is 196 Å². The van der Waals surface area contributed by atoms with E-state index in [9.17, 15) is 55.5 Å². The summed E-state index contributed by atoms with van der Waals surface area (Å²) in [5.74, 6) is -3.63. The van der Waals surface area contributed by atoms with Gasteiger partial charge in [-0.3, -0.25) is 9.59 Å². The molecule has 2 rings (SSSR count). The van der Waals surface area contributed by atoms with Crippen molar-refractivity contribution in [1.82, 2.24) is 0 Å². The number of rotatable bonds is 22. The molecule has 13 atom stereocenters. The molecular formula is C34H62O13. The quantitative estimate of drug-likeness (QED) is 0.0582. The number of ketones is 1. The van der Waals surface area contributed by atoms with Gasteiger partial charge in [-0.05, 0) is 33.1 Å². The standard InChI is InChI=1S/C34H62O13/c1-4-5-6-7-8-11-14-17-23(36)25(33(44)45)24(37)19-22(35)16-13-10-9-12-15-18-34(31(43)29(41)27(39)21(3)47-34)32-30(42)28(40)26(38)20(2)46-32/h20-23,25-32,35-36,38-43H,4-19H2,1-3H3,(H,44,45)/t20-,21+,22?,23?,25?,26-,27+,28+,29-,30+,31-,32?,34?/m1/s1. The maximum atomic E-state index is 12.7. The van der Waals surface area contributed by atoms with Gasteiger partial charge in [0, 0.05) is 6.42 Å². The minimum atomic E-state index is -1.68. The smallest absolute Gasteiger partial charge is 0.316 e. The highest BCUT2D eigenvalue weighted by Gasteiger charge is 2.61. The number of aliphatic hydroxyl groups is 8. The predicted molar refractivity (Wildman–Crippen MR) is 171 cm³/mol. The van der Waals surface area contributed by atoms with Crippen molar-refractivity contribution >= 4 is 11.8 Å². The maximum Gasteiger partial charge on any atom is 0.316 e. The molecule has 2 aliphatic heterocycles. The molecule has 5 unspecified atom stereocenters. The van der Waals surface area contributed by atoms with Crippen LogP contribution in [0.5, 0.6) is 0 Å². The predicted octanol–water partition coefficient (Wildman–Crippen LogP) is 1.35. The van der Waals surface area contributed by atoms with Crippen molar-refractivity contribution in [2.24, 2.45) is 5.92 Å². The first kappa shape index (κ1) is 41.9. The third kappa shape index (κ3) is 11.7. The molecule has 0 saturated carbocycles. The highest BCUT2D eigenvalue weighted by Crippen LogP contribution is 2.42. The van der Waals surface area contributed by atoms with Crippen LogP contribution >= 0.6 is 0 Å². The van der Waals surface area contributed by atoms with Crippen LogP contribution in [0.1, 0.15) is 124 Å². The Bertz CT molecular complexity index is 920. The van der Waals surface area contributed by atoms with E-state index in [1.54, 1.807) is 0 Å². The van der Waals surface area contributed by atoms with Crippen LogP contribution in [0.3, 0.4) is 0 Å². The Morgan fingerprint density at radius 3 is 1.81 bits per heavy atom. The van der Waals surface area contributed by atoms with Gasteiger partial charge in [0.05, 0.1) is 24.4 Å². The summed E-state index contributed by atoms with van der Waals surface area (Å²) in [6, 6.07) is 0. The molecule has 0 amide bonds. The number of hydrogen-bond donors (Lipinski definition) is 9. The van der Waals surface area contributed by atoms with Crippen molar-refractivity contribution in [1.29, 1.82) is 0 Å². The number of carbonyl (C=O) groups is 2. The molecule has 0 aliphatic carbocycles. The minimum Gasteiger partial charge on any atom is -0.481 e. The van der Waals surface area contributed by atoms with Crippen molar-refractivity contribution < 1.29 is 65.0 Å². The molecule has 2 heterocycles. The van der Waals surface area contributed by atoms with Gasteiger partial charge in [-0.1, -0.05) is 84.0 Å². The van der Waals surface area contributed by atoms with Crippen LogP contribution in [-0.2, 0) is 19.1 Å². The molecule has 13 heteroatoms. The van der Waals surface area contributed by atoms with E-state index in [0.29, 0.717) is 38.5 Å². The second-order valence-corrected chi connectivity index (χ2v) is 13.9. The van der Waals surface area contributed by atoms with Gasteiger partial charge in [0.25, 0.3) is 0 Å². The lowest BCUT2D eigenvalue weighted by Gasteiger charge is -2.55. The number of carbonyl (C=O) groups excluding carboxylic acids is 1. The highest BCUT2D eigenvalue weighted by molar-refractivity contribution is 5.99. The van der Waals surface area contributed by atoms with Crippen LogP contribution in [0.2, 0.25) is 0 Å². The Morgan fingerprint density at radius 1 is 0.681 bits per heavy atom. The number of carboxylic acid groups (broad SMARTS) is 1. The van der Waals surface area contributed by atoms with Crippen molar-refractivity contribution in [3.8, 4) is 0 Å². The van der Waals surface area contributed by atoms with E-state index in [1.165, 1.54) is 20.3 Å². The third-order valence-electron chi connectivity index (χ3n) is 10.0. The largest absolute Gasteiger partial charge is 0.481 e. The fourth-order valence-corrected chi connectivity index (χ4v) is 7.05. The molecule has 2 fully saturated rings. The number of carboxylic acids is 1. The van der Waals surface area contributed by atoms with E-state index in [0.717, 1.165) is 32.1 Å². The van der Waals surface area contributed by atoms with Gasteiger partial charge < -0.3 is 55.4 Å². The Kier molecular flexibility index (Phi) is 18.2. The van der Waals surface area contributed by atoms with E-state index < -0.39 is 90.4 Å². The maximum absolute atomic E-state index is 12.7. The molecule has 0 aromatic rings. The lowest BCUT2D eigenvalue weighted by molar-refractivity contribution is -0.336. The summed E-state index contributed by atoms with van der Waals surface area (Å²) < 4.78 is 11.9. The van der Waals surface area contributed by atoms with E-state index in [4.69, 9.17) is 9.47 Å². The average Bonchev–Trinajstić information content (AvgIpc) is 3.02. The summed E-state index contributed by atoms with van der Waals surface area (Å²) in [6.45, 7) is 5.17. The molecule has 47 heavy (non-hydrogen) atoms. The van der Waals surface area contributed by atoms with Crippen LogP contribution in [-0.4, -0.2) is 130 Å². The summed E-state index contributed by atoms with van der Waals surface area (Å²) in [6.07, 6.45) is -4.31. The molecular weight excluding hydrogens is 616 g/mol. The van der Waals surface area contributed by atoms with Crippen LogP contribution in [0.15, 0.2) is 0 Å². The molecule has 0 radical (unpaired) electrons. The van der Waals surface area contributed by atoms with Crippen LogP contribution in [0.25, 0.3) is 0 Å². The Hall–Kier alpha value is -1.26. The van der Waals surface area contributed by atoms with Crippen LogP contribution < -0.4 is 0 Å². The molecule has 13 nitrogen and oxygen atoms in total. The van der Waals surface area contributed by atoms with Crippen molar-refractivity contribution in [3.63, 3.8) is 0 Å². The molecule has 0 aromatic carbocycles. The van der Waals surface area contributed by atoms with Crippen LogP contribution in [0, 0.1) is 5.92 Å². The number of aliphatic hydroxyl groups excluding tert-OH is 8. The van der Waals surface area contributed by atoms with E-state index >= 15 is 0 Å². The fourth-order valence-electron chi connectivity index (χ4n) is 7.05. The monoisotopic (exact) mass is 678 g/mol. The number of unbranched alkanes of at least 4 members (excludes halogenated alkanes) is 10. The molecule has 276 valence electrons.